The number of alkyl halides is 3. The van der Waals surface area contributed by atoms with E-state index in [1.807, 2.05) is 12.1 Å². The summed E-state index contributed by atoms with van der Waals surface area (Å²) in [5.74, 6) is 0.734. The maximum absolute atomic E-state index is 12.6. The largest absolute Gasteiger partial charge is 0.465 e. The molecular formula is C27H25F3N2O5. The van der Waals surface area contributed by atoms with Gasteiger partial charge in [-0.3, -0.25) is 0 Å². The van der Waals surface area contributed by atoms with Gasteiger partial charge in [0.1, 0.15) is 11.5 Å². The molecule has 1 aromatic heterocycles. The molecule has 194 valence electrons. The molecule has 1 aliphatic rings. The Labute approximate surface area is 211 Å². The van der Waals surface area contributed by atoms with E-state index in [9.17, 15) is 22.8 Å². The monoisotopic (exact) mass is 514 g/mol. The van der Waals surface area contributed by atoms with Crippen molar-refractivity contribution in [1.29, 1.82) is 0 Å². The molecule has 0 radical (unpaired) electrons. The highest BCUT2D eigenvalue weighted by Gasteiger charge is 2.30. The van der Waals surface area contributed by atoms with Crippen molar-refractivity contribution in [3.8, 4) is 17.4 Å². The van der Waals surface area contributed by atoms with E-state index in [0.717, 1.165) is 37.0 Å². The van der Waals surface area contributed by atoms with Crippen LogP contribution in [0.3, 0.4) is 0 Å². The van der Waals surface area contributed by atoms with E-state index in [0.29, 0.717) is 42.3 Å². The second-order valence-corrected chi connectivity index (χ2v) is 8.65. The average Bonchev–Trinajstić information content (AvgIpc) is 2.90. The van der Waals surface area contributed by atoms with Crippen LogP contribution in [-0.4, -0.2) is 42.1 Å². The highest BCUT2D eigenvalue weighted by Crippen LogP contribution is 2.30. The Morgan fingerprint density at radius 2 is 1.59 bits per heavy atom. The lowest BCUT2D eigenvalue weighted by atomic mass is 9.90. The van der Waals surface area contributed by atoms with Crippen LogP contribution in [0.5, 0.6) is 17.4 Å². The van der Waals surface area contributed by atoms with Crippen LogP contribution in [0.1, 0.15) is 34.3 Å². The number of methoxy groups -OCH3 is 1. The molecule has 0 atom stereocenters. The third-order valence-corrected chi connectivity index (χ3v) is 6.09. The molecule has 2 aromatic carbocycles. The van der Waals surface area contributed by atoms with Crippen LogP contribution in [0.25, 0.3) is 0 Å². The van der Waals surface area contributed by atoms with E-state index in [-0.39, 0.29) is 11.8 Å². The Morgan fingerprint density at radius 3 is 2.16 bits per heavy atom. The fourth-order valence-corrected chi connectivity index (χ4v) is 4.02. The van der Waals surface area contributed by atoms with Gasteiger partial charge in [0.25, 0.3) is 0 Å². The summed E-state index contributed by atoms with van der Waals surface area (Å²) in [5.41, 5.74) is 0.780. The highest BCUT2D eigenvalue weighted by molar-refractivity contribution is 5.89. The highest BCUT2D eigenvalue weighted by atomic mass is 19.4. The van der Waals surface area contributed by atoms with Crippen molar-refractivity contribution in [3.63, 3.8) is 0 Å². The lowest BCUT2D eigenvalue weighted by Crippen LogP contribution is -2.40. The number of hydrogen-bond acceptors (Lipinski definition) is 6. The van der Waals surface area contributed by atoms with Gasteiger partial charge in [0.05, 0.1) is 18.2 Å². The third-order valence-electron chi connectivity index (χ3n) is 6.09. The fourth-order valence-electron chi connectivity index (χ4n) is 4.02. The second kappa shape index (κ2) is 11.3. The normalized spacial score (nSPS) is 14.2. The lowest BCUT2D eigenvalue weighted by molar-refractivity contribution is -0.137. The number of hydrogen-bond donors (Lipinski definition) is 0. The van der Waals surface area contributed by atoms with Gasteiger partial charge < -0.3 is 19.1 Å². The minimum atomic E-state index is -4.47. The van der Waals surface area contributed by atoms with Crippen LogP contribution >= 0.6 is 0 Å². The summed E-state index contributed by atoms with van der Waals surface area (Å²) in [7, 11) is 1.35. The number of likely N-dealkylation sites (tertiary alicyclic amines) is 1. The van der Waals surface area contributed by atoms with Crippen molar-refractivity contribution in [2.75, 3.05) is 20.2 Å². The van der Waals surface area contributed by atoms with Gasteiger partial charge in [-0.2, -0.15) is 13.2 Å². The Kier molecular flexibility index (Phi) is 7.95. The van der Waals surface area contributed by atoms with Crippen molar-refractivity contribution in [2.45, 2.75) is 25.4 Å². The Hall–Kier alpha value is -4.08. The Balaban J connectivity index is 1.23. The van der Waals surface area contributed by atoms with Gasteiger partial charge in [-0.05, 0) is 73.2 Å². The van der Waals surface area contributed by atoms with Gasteiger partial charge in [-0.1, -0.05) is 12.1 Å². The summed E-state index contributed by atoms with van der Waals surface area (Å²) >= 11 is 0. The average molecular weight is 515 g/mol. The molecule has 1 aliphatic heterocycles. The summed E-state index contributed by atoms with van der Waals surface area (Å²) in [6.45, 7) is 1.15. The second-order valence-electron chi connectivity index (χ2n) is 8.65. The summed E-state index contributed by atoms with van der Waals surface area (Å²) in [5, 5.41) is 0. The number of benzene rings is 2. The van der Waals surface area contributed by atoms with Crippen LogP contribution in [0.4, 0.5) is 18.0 Å². The molecule has 3 aromatic rings. The van der Waals surface area contributed by atoms with Crippen molar-refractivity contribution >= 4 is 12.1 Å². The zero-order chi connectivity index (χ0) is 26.4. The van der Waals surface area contributed by atoms with E-state index in [1.54, 1.807) is 41.3 Å². The first kappa shape index (κ1) is 26.0. The van der Waals surface area contributed by atoms with Gasteiger partial charge >= 0.3 is 18.2 Å². The molecule has 10 heteroatoms. The summed E-state index contributed by atoms with van der Waals surface area (Å²) in [4.78, 5) is 29.5. The lowest BCUT2D eigenvalue weighted by Gasteiger charge is -2.31. The fraction of sp³-hybridized carbons (Fsp3) is 0.296. The van der Waals surface area contributed by atoms with Gasteiger partial charge in [0, 0.05) is 25.4 Å². The van der Waals surface area contributed by atoms with Crippen molar-refractivity contribution in [2.24, 2.45) is 5.92 Å². The maximum atomic E-state index is 12.6. The van der Waals surface area contributed by atoms with Gasteiger partial charge in [0.2, 0.25) is 5.88 Å². The predicted octanol–water partition coefficient (Wildman–Crippen LogP) is 6.13. The molecule has 7 nitrogen and oxygen atoms in total. The van der Waals surface area contributed by atoms with Crippen molar-refractivity contribution in [1.82, 2.24) is 9.88 Å². The molecule has 1 saturated heterocycles. The number of esters is 1. The molecule has 1 fully saturated rings. The molecule has 0 N–H and O–H groups in total. The first-order chi connectivity index (χ1) is 17.7. The van der Waals surface area contributed by atoms with Crippen molar-refractivity contribution < 1.29 is 37.0 Å². The molecule has 1 amide bonds. The molecule has 0 spiro atoms. The molecule has 2 heterocycles. The van der Waals surface area contributed by atoms with Crippen LogP contribution in [0, 0.1) is 5.92 Å². The van der Waals surface area contributed by atoms with Gasteiger partial charge in [-0.25, -0.2) is 14.6 Å². The Morgan fingerprint density at radius 1 is 0.946 bits per heavy atom. The molecular weight excluding hydrogens is 489 g/mol. The number of rotatable bonds is 6. The summed E-state index contributed by atoms with van der Waals surface area (Å²) in [6, 6.07) is 15.6. The number of carbonyl (C=O) groups excluding carboxylic acids is 2. The zero-order valence-corrected chi connectivity index (χ0v) is 20.0. The quantitative estimate of drug-likeness (QED) is 0.368. The SMILES string of the molecule is COC(=O)c1ccc(CC2CCN(C(=O)Oc3ccc(Oc4ccc(C(F)(F)F)cn4)cc3)CC2)cc1. The van der Waals surface area contributed by atoms with E-state index in [2.05, 4.69) is 4.98 Å². The maximum Gasteiger partial charge on any atom is 0.417 e. The summed E-state index contributed by atoms with van der Waals surface area (Å²) in [6.07, 6.45) is -1.68. The number of aromatic nitrogens is 1. The molecule has 4 rings (SSSR count). The van der Waals surface area contributed by atoms with Gasteiger partial charge in [0.15, 0.2) is 0 Å². The summed E-state index contributed by atoms with van der Waals surface area (Å²) < 4.78 is 53.6. The number of ether oxygens (including phenoxy) is 3. The zero-order valence-electron chi connectivity index (χ0n) is 20.0. The van der Waals surface area contributed by atoms with Crippen LogP contribution < -0.4 is 9.47 Å². The third kappa shape index (κ3) is 6.99. The Bertz CT molecular complexity index is 1200. The minimum absolute atomic E-state index is 0.0139. The van der Waals surface area contributed by atoms with Crippen LogP contribution in [-0.2, 0) is 17.3 Å². The first-order valence-electron chi connectivity index (χ1n) is 11.7. The molecule has 0 saturated carbocycles. The van der Waals surface area contributed by atoms with E-state index in [4.69, 9.17) is 14.2 Å². The van der Waals surface area contributed by atoms with Gasteiger partial charge in [-0.15, -0.1) is 0 Å². The standard InChI is InChI=1S/C27H25F3N2O5/c1-35-25(33)20-4-2-18(3-5-20)16-19-12-14-32(15-13-19)26(34)37-23-9-7-22(8-10-23)36-24-11-6-21(17-31-24)27(28,29)30/h2-11,17,19H,12-16H2,1H3. The van der Waals surface area contributed by atoms with E-state index >= 15 is 0 Å². The smallest absolute Gasteiger partial charge is 0.417 e. The van der Waals surface area contributed by atoms with E-state index < -0.39 is 17.8 Å². The number of nitrogens with zero attached hydrogens (tertiary/aromatic N) is 2. The van der Waals surface area contributed by atoms with Crippen molar-refractivity contribution in [3.05, 3.63) is 83.6 Å². The van der Waals surface area contributed by atoms with Crippen LogP contribution in [0.2, 0.25) is 0 Å². The predicted molar refractivity (Wildman–Crippen MR) is 128 cm³/mol. The number of carbonyl (C=O) groups is 2. The number of piperidine rings is 1. The van der Waals surface area contributed by atoms with E-state index in [1.165, 1.54) is 7.11 Å². The minimum Gasteiger partial charge on any atom is -0.465 e. The topological polar surface area (TPSA) is 78.0 Å². The van der Waals surface area contributed by atoms with Crippen LogP contribution in [0.15, 0.2) is 66.9 Å². The molecule has 0 bridgehead atoms. The molecule has 0 aliphatic carbocycles. The number of halogens is 3. The number of amides is 1. The number of pyridine rings is 1. The first-order valence-corrected chi connectivity index (χ1v) is 11.7. The molecule has 0 unspecified atom stereocenters. The molecule has 37 heavy (non-hydrogen) atoms.